The summed E-state index contributed by atoms with van der Waals surface area (Å²) in [5.41, 5.74) is 4.77. The quantitative estimate of drug-likeness (QED) is 0.745. The van der Waals surface area contributed by atoms with Gasteiger partial charge in [-0.15, -0.1) is 0 Å². The van der Waals surface area contributed by atoms with Crippen molar-refractivity contribution in [2.75, 3.05) is 6.54 Å². The maximum absolute atomic E-state index is 4.76. The Morgan fingerprint density at radius 2 is 2.04 bits per heavy atom. The van der Waals surface area contributed by atoms with Crippen LogP contribution in [0.2, 0.25) is 0 Å². The van der Waals surface area contributed by atoms with Crippen LogP contribution in [0, 0.1) is 0 Å². The third kappa shape index (κ3) is 2.87. The van der Waals surface area contributed by atoms with Crippen LogP contribution >= 0.6 is 0 Å². The largest absolute Gasteiger partial charge is 0.353 e. The van der Waals surface area contributed by atoms with Crippen LogP contribution in [0.1, 0.15) is 17.0 Å². The van der Waals surface area contributed by atoms with E-state index in [4.69, 9.17) is 4.98 Å². The Kier molecular flexibility index (Phi) is 3.63. The summed E-state index contributed by atoms with van der Waals surface area (Å²) in [6.45, 7) is 2.91. The lowest BCUT2D eigenvalue weighted by atomic mass is 10.1. The number of rotatable bonds is 3. The molecule has 5 nitrogen and oxygen atoms in total. The van der Waals surface area contributed by atoms with Gasteiger partial charge in [0.1, 0.15) is 0 Å². The molecule has 0 atom stereocenters. The molecular formula is C18H19N5. The molecule has 0 unspecified atom stereocenters. The number of nitrogens with zero attached hydrogens (tertiary/aromatic N) is 5. The van der Waals surface area contributed by atoms with Crippen molar-refractivity contribution in [1.82, 2.24) is 24.4 Å². The van der Waals surface area contributed by atoms with E-state index >= 15 is 0 Å². The van der Waals surface area contributed by atoms with Gasteiger partial charge in [-0.25, -0.2) is 9.97 Å². The van der Waals surface area contributed by atoms with Gasteiger partial charge in [-0.2, -0.15) is 0 Å². The molecule has 0 N–H and O–H groups in total. The van der Waals surface area contributed by atoms with Crippen molar-refractivity contribution >= 4 is 0 Å². The number of aryl methyl sites for hydroxylation is 1. The van der Waals surface area contributed by atoms with Crippen molar-refractivity contribution in [3.8, 4) is 11.4 Å². The second-order valence-electron chi connectivity index (χ2n) is 5.97. The Morgan fingerprint density at radius 1 is 1.17 bits per heavy atom. The fraction of sp³-hybridized carbons (Fsp3) is 0.278. The number of aromatic nitrogens is 4. The molecule has 0 aliphatic carbocycles. The van der Waals surface area contributed by atoms with E-state index in [1.807, 2.05) is 18.3 Å². The zero-order chi connectivity index (χ0) is 15.6. The molecule has 3 aromatic heterocycles. The third-order valence-corrected chi connectivity index (χ3v) is 4.39. The predicted octanol–water partition coefficient (Wildman–Crippen LogP) is 2.44. The predicted molar refractivity (Wildman–Crippen MR) is 88.5 cm³/mol. The van der Waals surface area contributed by atoms with Gasteiger partial charge in [0.05, 0.1) is 5.69 Å². The summed E-state index contributed by atoms with van der Waals surface area (Å²) in [4.78, 5) is 15.8. The molecule has 0 spiro atoms. The Morgan fingerprint density at radius 3 is 2.83 bits per heavy atom. The summed E-state index contributed by atoms with van der Waals surface area (Å²) in [7, 11) is 2.09. The second kappa shape index (κ2) is 5.93. The maximum atomic E-state index is 4.76. The zero-order valence-corrected chi connectivity index (χ0v) is 13.2. The van der Waals surface area contributed by atoms with Crippen molar-refractivity contribution in [2.45, 2.75) is 19.5 Å². The molecule has 23 heavy (non-hydrogen) atoms. The van der Waals surface area contributed by atoms with E-state index in [0.717, 1.165) is 37.4 Å². The van der Waals surface area contributed by atoms with Crippen molar-refractivity contribution in [2.24, 2.45) is 7.05 Å². The molecule has 0 aromatic carbocycles. The van der Waals surface area contributed by atoms with Gasteiger partial charge < -0.3 is 4.57 Å². The van der Waals surface area contributed by atoms with E-state index in [-0.39, 0.29) is 0 Å². The van der Waals surface area contributed by atoms with Crippen molar-refractivity contribution < 1.29 is 0 Å². The molecule has 3 aromatic rings. The molecule has 0 saturated carbocycles. The van der Waals surface area contributed by atoms with Gasteiger partial charge in [0, 0.05) is 74.7 Å². The summed E-state index contributed by atoms with van der Waals surface area (Å²) in [5.74, 6) is 0.794. The Balaban J connectivity index is 1.53. The molecule has 0 amide bonds. The van der Waals surface area contributed by atoms with E-state index in [1.165, 1.54) is 17.0 Å². The molecule has 5 heteroatoms. The number of pyridine rings is 1. The standard InChI is InChI=1S/C18H19N5/c1-22-9-2-3-16(22)13-23-10-6-17-15(12-23)11-20-18(21-17)14-4-7-19-8-5-14/h2-5,7-9,11H,6,10,12-13H2,1H3. The number of fused-ring (bicyclic) bond motifs is 1. The Labute approximate surface area is 135 Å². The average molecular weight is 305 g/mol. The van der Waals surface area contributed by atoms with E-state index in [2.05, 4.69) is 44.8 Å². The first kappa shape index (κ1) is 14.1. The summed E-state index contributed by atoms with van der Waals surface area (Å²) >= 11 is 0. The van der Waals surface area contributed by atoms with Crippen LogP contribution < -0.4 is 0 Å². The maximum Gasteiger partial charge on any atom is 0.159 e. The lowest BCUT2D eigenvalue weighted by Crippen LogP contribution is -2.31. The van der Waals surface area contributed by atoms with Gasteiger partial charge in [-0.3, -0.25) is 9.88 Å². The van der Waals surface area contributed by atoms with Gasteiger partial charge >= 0.3 is 0 Å². The molecule has 0 bridgehead atoms. The molecule has 0 fully saturated rings. The normalized spacial score (nSPS) is 14.7. The Bertz CT molecular complexity index is 809. The van der Waals surface area contributed by atoms with Crippen molar-refractivity contribution in [1.29, 1.82) is 0 Å². The minimum atomic E-state index is 0.794. The van der Waals surface area contributed by atoms with Gasteiger partial charge in [0.15, 0.2) is 5.82 Å². The van der Waals surface area contributed by atoms with E-state index in [0.29, 0.717) is 0 Å². The lowest BCUT2D eigenvalue weighted by Gasteiger charge is -2.28. The van der Waals surface area contributed by atoms with Crippen LogP contribution in [-0.4, -0.2) is 31.0 Å². The van der Waals surface area contributed by atoms with Gasteiger partial charge in [0.2, 0.25) is 0 Å². The lowest BCUT2D eigenvalue weighted by molar-refractivity contribution is 0.238. The van der Waals surface area contributed by atoms with Crippen LogP contribution in [0.4, 0.5) is 0 Å². The summed E-state index contributed by atoms with van der Waals surface area (Å²) in [6.07, 6.45) is 8.60. The smallest absolute Gasteiger partial charge is 0.159 e. The zero-order valence-electron chi connectivity index (χ0n) is 13.2. The minimum Gasteiger partial charge on any atom is -0.353 e. The number of hydrogen-bond donors (Lipinski definition) is 0. The second-order valence-corrected chi connectivity index (χ2v) is 5.97. The fourth-order valence-corrected chi connectivity index (χ4v) is 3.04. The van der Waals surface area contributed by atoms with Gasteiger partial charge in [-0.1, -0.05) is 0 Å². The van der Waals surface area contributed by atoms with Crippen LogP contribution in [0.15, 0.2) is 49.1 Å². The highest BCUT2D eigenvalue weighted by molar-refractivity contribution is 5.54. The minimum absolute atomic E-state index is 0.794. The highest BCUT2D eigenvalue weighted by Crippen LogP contribution is 2.21. The van der Waals surface area contributed by atoms with Gasteiger partial charge in [-0.05, 0) is 24.3 Å². The van der Waals surface area contributed by atoms with Crippen LogP contribution in [-0.2, 0) is 26.6 Å². The van der Waals surface area contributed by atoms with E-state index in [1.54, 1.807) is 12.4 Å². The first-order valence-electron chi connectivity index (χ1n) is 7.87. The third-order valence-electron chi connectivity index (χ3n) is 4.39. The van der Waals surface area contributed by atoms with Crippen molar-refractivity contribution in [3.05, 3.63) is 66.0 Å². The first-order valence-corrected chi connectivity index (χ1v) is 7.87. The molecule has 4 heterocycles. The molecule has 0 saturated heterocycles. The fourth-order valence-electron chi connectivity index (χ4n) is 3.04. The topological polar surface area (TPSA) is 46.8 Å². The molecule has 4 rings (SSSR count). The molecular weight excluding hydrogens is 286 g/mol. The SMILES string of the molecule is Cn1cccc1CN1CCc2nc(-c3ccncc3)ncc2C1. The molecule has 1 aliphatic rings. The highest BCUT2D eigenvalue weighted by atomic mass is 15.2. The Hall–Kier alpha value is -2.53. The van der Waals surface area contributed by atoms with E-state index < -0.39 is 0 Å². The van der Waals surface area contributed by atoms with Crippen LogP contribution in [0.3, 0.4) is 0 Å². The number of hydrogen-bond acceptors (Lipinski definition) is 4. The summed E-state index contributed by atoms with van der Waals surface area (Å²) in [6, 6.07) is 8.18. The molecule has 0 radical (unpaired) electrons. The molecule has 116 valence electrons. The summed E-state index contributed by atoms with van der Waals surface area (Å²) < 4.78 is 2.18. The van der Waals surface area contributed by atoms with Gasteiger partial charge in [0.25, 0.3) is 0 Å². The monoisotopic (exact) mass is 305 g/mol. The van der Waals surface area contributed by atoms with Crippen LogP contribution in [0.25, 0.3) is 11.4 Å². The van der Waals surface area contributed by atoms with E-state index in [9.17, 15) is 0 Å². The average Bonchev–Trinajstić information content (AvgIpc) is 3.00. The molecule has 1 aliphatic heterocycles. The van der Waals surface area contributed by atoms with Crippen LogP contribution in [0.5, 0.6) is 0 Å². The highest BCUT2D eigenvalue weighted by Gasteiger charge is 2.19. The first-order chi connectivity index (χ1) is 11.3. The summed E-state index contributed by atoms with van der Waals surface area (Å²) in [5, 5.41) is 0. The van der Waals surface area contributed by atoms with Crippen molar-refractivity contribution in [3.63, 3.8) is 0 Å².